The van der Waals surface area contributed by atoms with E-state index in [0.29, 0.717) is 5.75 Å². The van der Waals surface area contributed by atoms with Crippen molar-refractivity contribution in [1.29, 1.82) is 0 Å². The van der Waals surface area contributed by atoms with Gasteiger partial charge < -0.3 is 20.8 Å². The summed E-state index contributed by atoms with van der Waals surface area (Å²) in [5.74, 6) is -1.32. The minimum Gasteiger partial charge on any atom is -0.479 e. The van der Waals surface area contributed by atoms with Crippen molar-refractivity contribution in [2.24, 2.45) is 0 Å². The SMILES string of the molecule is O=C1NC(C(=O)NCC[C@H](O)C(=O)O)CS1. The first-order valence-corrected chi connectivity index (χ1v) is 5.61. The Bertz CT molecular complexity index is 309. The molecule has 0 saturated carbocycles. The van der Waals surface area contributed by atoms with E-state index in [1.165, 1.54) is 0 Å². The van der Waals surface area contributed by atoms with E-state index in [1.807, 2.05) is 0 Å². The van der Waals surface area contributed by atoms with Gasteiger partial charge in [0, 0.05) is 18.7 Å². The third-order valence-electron chi connectivity index (χ3n) is 1.99. The summed E-state index contributed by atoms with van der Waals surface area (Å²) >= 11 is 1.02. The van der Waals surface area contributed by atoms with E-state index in [2.05, 4.69) is 10.6 Å². The number of hydrogen-bond donors (Lipinski definition) is 4. The molecule has 4 N–H and O–H groups in total. The van der Waals surface area contributed by atoms with E-state index in [-0.39, 0.29) is 24.1 Å². The van der Waals surface area contributed by atoms with Crippen molar-refractivity contribution in [3.8, 4) is 0 Å². The monoisotopic (exact) mass is 248 g/mol. The van der Waals surface area contributed by atoms with Gasteiger partial charge in [-0.1, -0.05) is 11.8 Å². The number of carboxylic acid groups (broad SMARTS) is 1. The molecular formula is C8H12N2O5S. The molecule has 8 heteroatoms. The number of aliphatic carboxylic acids is 1. The molecule has 90 valence electrons. The zero-order valence-electron chi connectivity index (χ0n) is 8.30. The van der Waals surface area contributed by atoms with Gasteiger partial charge in [0.25, 0.3) is 5.24 Å². The van der Waals surface area contributed by atoms with Crippen LogP contribution in [0.5, 0.6) is 0 Å². The Labute approximate surface area is 95.6 Å². The summed E-state index contributed by atoms with van der Waals surface area (Å²) in [5, 5.41) is 21.9. The van der Waals surface area contributed by atoms with E-state index >= 15 is 0 Å². The van der Waals surface area contributed by atoms with E-state index in [1.54, 1.807) is 0 Å². The largest absolute Gasteiger partial charge is 0.479 e. The highest BCUT2D eigenvalue weighted by atomic mass is 32.2. The molecular weight excluding hydrogens is 236 g/mol. The molecule has 2 atom stereocenters. The Kier molecular flexibility index (Phi) is 4.56. The summed E-state index contributed by atoms with van der Waals surface area (Å²) in [6, 6.07) is -0.570. The average molecular weight is 248 g/mol. The maximum absolute atomic E-state index is 11.4. The topological polar surface area (TPSA) is 116 Å². The van der Waals surface area contributed by atoms with E-state index < -0.39 is 18.1 Å². The first-order chi connectivity index (χ1) is 7.50. The molecule has 0 bridgehead atoms. The van der Waals surface area contributed by atoms with Crippen molar-refractivity contribution in [2.45, 2.75) is 18.6 Å². The van der Waals surface area contributed by atoms with Crippen LogP contribution in [-0.2, 0) is 9.59 Å². The normalized spacial score (nSPS) is 21.3. The van der Waals surface area contributed by atoms with Crippen molar-refractivity contribution in [2.75, 3.05) is 12.3 Å². The fourth-order valence-electron chi connectivity index (χ4n) is 1.10. The van der Waals surface area contributed by atoms with Crippen molar-refractivity contribution in [1.82, 2.24) is 10.6 Å². The highest BCUT2D eigenvalue weighted by Gasteiger charge is 2.27. The number of amides is 2. The van der Waals surface area contributed by atoms with Crippen molar-refractivity contribution < 1.29 is 24.6 Å². The van der Waals surface area contributed by atoms with Gasteiger partial charge in [-0.3, -0.25) is 9.59 Å². The highest BCUT2D eigenvalue weighted by Crippen LogP contribution is 2.12. The Morgan fingerprint density at radius 1 is 1.62 bits per heavy atom. The molecule has 1 aliphatic rings. The van der Waals surface area contributed by atoms with Gasteiger partial charge in [-0.05, 0) is 0 Å². The van der Waals surface area contributed by atoms with Crippen LogP contribution in [-0.4, -0.2) is 51.8 Å². The summed E-state index contributed by atoms with van der Waals surface area (Å²) in [5.41, 5.74) is 0. The zero-order chi connectivity index (χ0) is 12.1. The molecule has 1 fully saturated rings. The number of carbonyl (C=O) groups is 3. The Hall–Kier alpha value is -1.28. The van der Waals surface area contributed by atoms with Crippen LogP contribution in [0.4, 0.5) is 4.79 Å². The van der Waals surface area contributed by atoms with Crippen LogP contribution >= 0.6 is 11.8 Å². The molecule has 1 saturated heterocycles. The molecule has 0 radical (unpaired) electrons. The highest BCUT2D eigenvalue weighted by molar-refractivity contribution is 8.14. The fraction of sp³-hybridized carbons (Fsp3) is 0.625. The second kappa shape index (κ2) is 5.71. The second-order valence-corrected chi connectivity index (χ2v) is 4.22. The van der Waals surface area contributed by atoms with Gasteiger partial charge in [0.15, 0.2) is 6.10 Å². The van der Waals surface area contributed by atoms with Crippen LogP contribution in [0.15, 0.2) is 0 Å². The van der Waals surface area contributed by atoms with Gasteiger partial charge >= 0.3 is 5.97 Å². The number of hydrogen-bond acceptors (Lipinski definition) is 5. The molecule has 0 spiro atoms. The van der Waals surface area contributed by atoms with Crippen molar-refractivity contribution >= 4 is 28.9 Å². The molecule has 7 nitrogen and oxygen atoms in total. The molecule has 2 amide bonds. The Morgan fingerprint density at radius 3 is 2.81 bits per heavy atom. The minimum absolute atomic E-state index is 0.0589. The Balaban J connectivity index is 2.20. The molecule has 1 aliphatic heterocycles. The number of rotatable bonds is 5. The minimum atomic E-state index is -1.48. The van der Waals surface area contributed by atoms with E-state index in [0.717, 1.165) is 11.8 Å². The molecule has 0 aromatic heterocycles. The third kappa shape index (κ3) is 3.70. The van der Waals surface area contributed by atoms with Gasteiger partial charge in [-0.2, -0.15) is 0 Å². The quantitative estimate of drug-likeness (QED) is 0.484. The molecule has 1 rings (SSSR count). The number of aliphatic hydroxyl groups is 1. The van der Waals surface area contributed by atoms with Crippen molar-refractivity contribution in [3.63, 3.8) is 0 Å². The predicted octanol–water partition coefficient (Wildman–Crippen LogP) is -1.24. The van der Waals surface area contributed by atoms with Crippen LogP contribution in [0.3, 0.4) is 0 Å². The Morgan fingerprint density at radius 2 is 2.31 bits per heavy atom. The number of thioether (sulfide) groups is 1. The maximum atomic E-state index is 11.4. The third-order valence-corrected chi connectivity index (χ3v) is 2.87. The van der Waals surface area contributed by atoms with Gasteiger partial charge in [0.1, 0.15) is 6.04 Å². The first-order valence-electron chi connectivity index (χ1n) is 4.62. The number of carbonyl (C=O) groups excluding carboxylic acids is 2. The first kappa shape index (κ1) is 12.8. The van der Waals surface area contributed by atoms with Gasteiger partial charge in [-0.15, -0.1) is 0 Å². The summed E-state index contributed by atoms with van der Waals surface area (Å²) in [4.78, 5) is 32.4. The lowest BCUT2D eigenvalue weighted by Crippen LogP contribution is -2.43. The zero-order valence-corrected chi connectivity index (χ0v) is 9.12. The van der Waals surface area contributed by atoms with Crippen LogP contribution in [0.2, 0.25) is 0 Å². The smallest absolute Gasteiger partial charge is 0.332 e. The van der Waals surface area contributed by atoms with Crippen LogP contribution in [0.1, 0.15) is 6.42 Å². The second-order valence-electron chi connectivity index (χ2n) is 3.23. The molecule has 0 aliphatic carbocycles. The summed E-state index contributed by atoms with van der Waals surface area (Å²) in [6.45, 7) is 0.0589. The number of nitrogens with one attached hydrogen (secondary N) is 2. The van der Waals surface area contributed by atoms with Gasteiger partial charge in [0.05, 0.1) is 0 Å². The number of carboxylic acids is 1. The van der Waals surface area contributed by atoms with Gasteiger partial charge in [0.2, 0.25) is 5.91 Å². The van der Waals surface area contributed by atoms with E-state index in [9.17, 15) is 14.4 Å². The summed E-state index contributed by atoms with van der Waals surface area (Å²) in [6.07, 6.45) is -1.54. The van der Waals surface area contributed by atoms with Gasteiger partial charge in [-0.25, -0.2) is 4.79 Å². The van der Waals surface area contributed by atoms with Crippen LogP contribution < -0.4 is 10.6 Å². The molecule has 16 heavy (non-hydrogen) atoms. The van der Waals surface area contributed by atoms with Crippen LogP contribution in [0.25, 0.3) is 0 Å². The fourth-order valence-corrected chi connectivity index (χ4v) is 1.88. The van der Waals surface area contributed by atoms with E-state index in [4.69, 9.17) is 10.2 Å². The van der Waals surface area contributed by atoms with Crippen molar-refractivity contribution in [3.05, 3.63) is 0 Å². The molecule has 0 aromatic rings. The maximum Gasteiger partial charge on any atom is 0.332 e. The lowest BCUT2D eigenvalue weighted by Gasteiger charge is -2.10. The molecule has 1 heterocycles. The summed E-state index contributed by atoms with van der Waals surface area (Å²) in [7, 11) is 0. The molecule has 1 unspecified atom stereocenters. The lowest BCUT2D eigenvalue weighted by atomic mass is 10.2. The summed E-state index contributed by atoms with van der Waals surface area (Å²) < 4.78 is 0. The predicted molar refractivity (Wildman–Crippen MR) is 56.0 cm³/mol. The average Bonchev–Trinajstić information content (AvgIpc) is 2.64. The number of aliphatic hydroxyl groups excluding tert-OH is 1. The lowest BCUT2D eigenvalue weighted by molar-refractivity contribution is -0.147. The molecule has 0 aromatic carbocycles. The van der Waals surface area contributed by atoms with Crippen LogP contribution in [0, 0.1) is 0 Å². The standard InChI is InChI=1S/C8H12N2O5S/c11-5(7(13)14)1-2-9-6(12)4-3-16-8(15)10-4/h4-5,11H,1-3H2,(H,9,12)(H,10,15)(H,13,14)/t4?,5-/m0/s1.